The largest absolute Gasteiger partial charge is 0.560 e. The quantitative estimate of drug-likeness (QED) is 0.412. The lowest BCUT2D eigenvalue weighted by Crippen LogP contribution is -2.45. The van der Waals surface area contributed by atoms with Crippen LogP contribution in [0.5, 0.6) is 5.75 Å². The van der Waals surface area contributed by atoms with E-state index in [0.717, 1.165) is 12.1 Å². The summed E-state index contributed by atoms with van der Waals surface area (Å²) in [5.41, 5.74) is 0.946. The molecule has 1 atom stereocenters. The number of fused-ring (bicyclic) bond motifs is 1. The summed E-state index contributed by atoms with van der Waals surface area (Å²) in [7, 11) is 1.40. The van der Waals surface area contributed by atoms with Crippen molar-refractivity contribution in [2.24, 2.45) is 0 Å². The summed E-state index contributed by atoms with van der Waals surface area (Å²) in [6.07, 6.45) is 0.614. The van der Waals surface area contributed by atoms with Crippen LogP contribution >= 0.6 is 0 Å². The molecule has 0 aromatic heterocycles. The Morgan fingerprint density at radius 1 is 1.16 bits per heavy atom. The molecule has 1 aliphatic heterocycles. The number of rotatable bonds is 7. The Hall–Kier alpha value is -3.87. The number of carbonyl (C=O) groups excluding carboxylic acids is 3. The molecular weight excluding hydrogens is 406 g/mol. The third-order valence-electron chi connectivity index (χ3n) is 4.38. The maximum absolute atomic E-state index is 12.9. The van der Waals surface area contributed by atoms with Crippen molar-refractivity contribution >= 4 is 25.3 Å². The van der Waals surface area contributed by atoms with Crippen molar-refractivity contribution in [1.29, 1.82) is 5.26 Å². The van der Waals surface area contributed by atoms with Gasteiger partial charge in [0.15, 0.2) is 0 Å². The summed E-state index contributed by atoms with van der Waals surface area (Å²) in [5.74, 6) is -2.39. The zero-order valence-electron chi connectivity index (χ0n) is 16.3. The second-order valence-electron chi connectivity index (χ2n) is 6.57. The maximum Gasteiger partial charge on any atom is 0.394 e. The fraction of sp³-hybridized carbons (Fsp3) is 0.238. The second-order valence-corrected chi connectivity index (χ2v) is 6.57. The SMILES string of the molecule is N#CCCC(=O)NC1[B]Oc2c(cccc2C(=O)OCOC(=O)c2ccc(F)cc2)C1. The molecule has 157 valence electrons. The number of amides is 1. The first kappa shape index (κ1) is 21.8. The molecule has 0 fully saturated rings. The highest BCUT2D eigenvalue weighted by atomic mass is 19.1. The van der Waals surface area contributed by atoms with E-state index in [2.05, 4.69) is 5.32 Å². The van der Waals surface area contributed by atoms with Gasteiger partial charge >= 0.3 is 19.4 Å². The number of nitrogens with zero attached hydrogens (tertiary/aromatic N) is 1. The lowest BCUT2D eigenvalue weighted by atomic mass is 9.79. The minimum atomic E-state index is -0.762. The van der Waals surface area contributed by atoms with Gasteiger partial charge in [0.25, 0.3) is 0 Å². The van der Waals surface area contributed by atoms with Crippen molar-refractivity contribution in [3.63, 3.8) is 0 Å². The highest BCUT2D eigenvalue weighted by molar-refractivity contribution is 6.32. The van der Waals surface area contributed by atoms with Crippen LogP contribution in [-0.2, 0) is 20.7 Å². The van der Waals surface area contributed by atoms with Gasteiger partial charge in [-0.3, -0.25) is 4.79 Å². The standard InChI is InChI=1S/C21H17BFN2O6/c23-15-8-6-13(7-9-15)20(27)29-12-30-21(28)16-4-1-3-14-11-17(22-31-19(14)16)25-18(26)5-2-10-24/h1,3-4,6-9,17H,2,5,11-12H2,(H,25,26). The van der Waals surface area contributed by atoms with Crippen LogP contribution in [0.2, 0.25) is 0 Å². The van der Waals surface area contributed by atoms with Gasteiger partial charge in [-0.25, -0.2) is 14.0 Å². The average Bonchev–Trinajstić information content (AvgIpc) is 2.77. The van der Waals surface area contributed by atoms with E-state index in [4.69, 9.17) is 19.4 Å². The van der Waals surface area contributed by atoms with Gasteiger partial charge in [-0.15, -0.1) is 0 Å². The van der Waals surface area contributed by atoms with Gasteiger partial charge < -0.3 is 19.4 Å². The number of halogens is 1. The summed E-state index contributed by atoms with van der Waals surface area (Å²) in [5, 5.41) is 11.3. The zero-order valence-corrected chi connectivity index (χ0v) is 16.3. The van der Waals surface area contributed by atoms with E-state index in [0.29, 0.717) is 17.7 Å². The fourth-order valence-electron chi connectivity index (χ4n) is 2.90. The number of carbonyl (C=O) groups is 3. The smallest absolute Gasteiger partial charge is 0.394 e. The molecule has 1 amide bonds. The molecule has 0 bridgehead atoms. The van der Waals surface area contributed by atoms with Crippen LogP contribution in [0.15, 0.2) is 42.5 Å². The summed E-state index contributed by atoms with van der Waals surface area (Å²) in [6, 6.07) is 11.5. The molecule has 0 saturated heterocycles. The van der Waals surface area contributed by atoms with Crippen molar-refractivity contribution < 1.29 is 32.9 Å². The number of nitriles is 1. The van der Waals surface area contributed by atoms with Gasteiger partial charge in [0.05, 0.1) is 11.6 Å². The number of esters is 2. The Morgan fingerprint density at radius 2 is 1.90 bits per heavy atom. The molecule has 1 N–H and O–H groups in total. The Bertz CT molecular complexity index is 1020. The zero-order chi connectivity index (χ0) is 22.2. The molecule has 2 aromatic rings. The highest BCUT2D eigenvalue weighted by Crippen LogP contribution is 2.29. The van der Waals surface area contributed by atoms with E-state index < -0.39 is 30.5 Å². The Labute approximate surface area is 178 Å². The molecule has 31 heavy (non-hydrogen) atoms. The number of hydrogen-bond donors (Lipinski definition) is 1. The van der Waals surface area contributed by atoms with E-state index >= 15 is 0 Å². The second kappa shape index (κ2) is 10.3. The van der Waals surface area contributed by atoms with Gasteiger partial charge in [-0.05, 0) is 42.3 Å². The van der Waals surface area contributed by atoms with Gasteiger partial charge in [-0.2, -0.15) is 5.26 Å². The number of hydrogen-bond acceptors (Lipinski definition) is 7. The molecule has 0 saturated carbocycles. The predicted molar refractivity (Wildman–Crippen MR) is 105 cm³/mol. The minimum absolute atomic E-state index is 0.0940. The van der Waals surface area contributed by atoms with E-state index in [9.17, 15) is 18.8 Å². The molecular formula is C21H17BFN2O6. The molecule has 1 heterocycles. The summed E-state index contributed by atoms with van der Waals surface area (Å²) in [4.78, 5) is 36.1. The Morgan fingerprint density at radius 3 is 2.65 bits per heavy atom. The van der Waals surface area contributed by atoms with Gasteiger partial charge in [-0.1, -0.05) is 12.1 Å². The average molecular weight is 423 g/mol. The van der Waals surface area contributed by atoms with Crippen LogP contribution in [0.1, 0.15) is 39.1 Å². The minimum Gasteiger partial charge on any atom is -0.560 e. The molecule has 1 aliphatic rings. The van der Waals surface area contributed by atoms with Crippen molar-refractivity contribution in [3.05, 3.63) is 65.0 Å². The summed E-state index contributed by atoms with van der Waals surface area (Å²) in [6.45, 7) is -0.625. The molecule has 2 aromatic carbocycles. The third kappa shape index (κ3) is 5.82. The van der Waals surface area contributed by atoms with Crippen LogP contribution < -0.4 is 9.97 Å². The predicted octanol–water partition coefficient (Wildman–Crippen LogP) is 2.10. The van der Waals surface area contributed by atoms with Crippen LogP contribution in [0, 0.1) is 17.1 Å². The van der Waals surface area contributed by atoms with Crippen molar-refractivity contribution in [3.8, 4) is 11.8 Å². The topological polar surface area (TPSA) is 115 Å². The fourth-order valence-corrected chi connectivity index (χ4v) is 2.90. The van der Waals surface area contributed by atoms with Crippen LogP contribution in [0.4, 0.5) is 4.39 Å². The first-order chi connectivity index (χ1) is 15.0. The first-order valence-corrected chi connectivity index (χ1v) is 9.36. The summed E-state index contributed by atoms with van der Waals surface area (Å²) >= 11 is 0. The molecule has 1 unspecified atom stereocenters. The number of nitrogens with one attached hydrogen (secondary N) is 1. The van der Waals surface area contributed by atoms with E-state index in [1.165, 1.54) is 25.7 Å². The van der Waals surface area contributed by atoms with E-state index in [1.807, 2.05) is 6.07 Å². The van der Waals surface area contributed by atoms with E-state index in [1.54, 1.807) is 12.1 Å². The molecule has 0 spiro atoms. The number of benzene rings is 2. The summed E-state index contributed by atoms with van der Waals surface area (Å²) < 4.78 is 28.3. The molecule has 10 heteroatoms. The monoisotopic (exact) mass is 423 g/mol. The van der Waals surface area contributed by atoms with Crippen molar-refractivity contribution in [1.82, 2.24) is 5.32 Å². The molecule has 3 rings (SSSR count). The Kier molecular flexibility index (Phi) is 7.22. The van der Waals surface area contributed by atoms with Crippen molar-refractivity contribution in [2.45, 2.75) is 25.2 Å². The molecule has 1 radical (unpaired) electrons. The normalized spacial score (nSPS) is 14.1. The van der Waals surface area contributed by atoms with Crippen LogP contribution in [0.3, 0.4) is 0 Å². The number of ether oxygens (including phenoxy) is 2. The molecule has 8 nitrogen and oxygen atoms in total. The maximum atomic E-state index is 12.9. The van der Waals surface area contributed by atoms with Gasteiger partial charge in [0.2, 0.25) is 12.7 Å². The lowest BCUT2D eigenvalue weighted by molar-refractivity contribution is -0.121. The number of para-hydroxylation sites is 1. The van der Waals surface area contributed by atoms with Gasteiger partial charge in [0, 0.05) is 18.8 Å². The van der Waals surface area contributed by atoms with E-state index in [-0.39, 0.29) is 29.9 Å². The highest BCUT2D eigenvalue weighted by Gasteiger charge is 2.28. The van der Waals surface area contributed by atoms with Crippen molar-refractivity contribution in [2.75, 3.05) is 6.79 Å². The van der Waals surface area contributed by atoms with Crippen LogP contribution in [-0.4, -0.2) is 38.1 Å². The lowest BCUT2D eigenvalue weighted by Gasteiger charge is -2.26. The Balaban J connectivity index is 1.55. The van der Waals surface area contributed by atoms with Gasteiger partial charge in [0.1, 0.15) is 17.1 Å². The molecule has 0 aliphatic carbocycles. The third-order valence-corrected chi connectivity index (χ3v) is 4.38. The first-order valence-electron chi connectivity index (χ1n) is 9.36. The van der Waals surface area contributed by atoms with Crippen LogP contribution in [0.25, 0.3) is 0 Å².